The molecule has 1 aliphatic carbocycles. The van der Waals surface area contributed by atoms with Gasteiger partial charge in [-0.1, -0.05) is 35.6 Å². The highest BCUT2D eigenvalue weighted by molar-refractivity contribution is 7.38. The van der Waals surface area contributed by atoms with Gasteiger partial charge in [0.2, 0.25) is 0 Å². The first-order chi connectivity index (χ1) is 16.8. The summed E-state index contributed by atoms with van der Waals surface area (Å²) in [6.07, 6.45) is 0.238. The maximum absolute atomic E-state index is 12.6. The second-order valence-electron chi connectivity index (χ2n) is 8.28. The molecule has 3 aromatic heterocycles. The molecule has 1 fully saturated rings. The third kappa shape index (κ3) is 4.52. The lowest BCUT2D eigenvalue weighted by atomic mass is 10.1. The number of hydrogen-bond acceptors (Lipinski definition) is 9. The molecule has 0 bridgehead atoms. The summed E-state index contributed by atoms with van der Waals surface area (Å²) in [5.41, 5.74) is 2.63. The van der Waals surface area contributed by atoms with E-state index in [0.29, 0.717) is 39.9 Å². The SMILES string of the molecule is Cc1ccccc1C(C)OC(=O)Nc1c(C#Cc2nc3nc(C4(C(=O)O)CC4)sc3s2)nsc1C. The normalized spacial score (nSPS) is 14.7. The highest BCUT2D eigenvalue weighted by Crippen LogP contribution is 2.51. The molecule has 35 heavy (non-hydrogen) atoms. The highest BCUT2D eigenvalue weighted by Gasteiger charge is 2.54. The monoisotopic (exact) mass is 524 g/mol. The summed E-state index contributed by atoms with van der Waals surface area (Å²) in [4.78, 5) is 33.8. The molecule has 11 heteroatoms. The van der Waals surface area contributed by atoms with Crippen LogP contribution in [0.25, 0.3) is 9.66 Å². The topological polar surface area (TPSA) is 114 Å². The molecule has 2 N–H and O–H groups in total. The van der Waals surface area contributed by atoms with Crippen LogP contribution >= 0.6 is 34.2 Å². The van der Waals surface area contributed by atoms with Gasteiger partial charge in [-0.15, -0.1) is 11.3 Å². The second-order valence-corrected chi connectivity index (χ2v) is 11.5. The van der Waals surface area contributed by atoms with E-state index in [9.17, 15) is 14.7 Å². The van der Waals surface area contributed by atoms with Crippen LogP contribution in [0.5, 0.6) is 0 Å². The van der Waals surface area contributed by atoms with Crippen molar-refractivity contribution in [3.63, 3.8) is 0 Å². The van der Waals surface area contributed by atoms with Crippen molar-refractivity contribution in [3.8, 4) is 11.8 Å². The van der Waals surface area contributed by atoms with Crippen molar-refractivity contribution < 1.29 is 19.4 Å². The zero-order valence-corrected chi connectivity index (χ0v) is 21.5. The van der Waals surface area contributed by atoms with Crippen molar-refractivity contribution in [1.29, 1.82) is 0 Å². The standard InChI is InChI=1S/C24H20N4O4S3/c1-12-6-4-5-7-15(12)13(2)32-23(31)26-18-14(3)35-28-16(18)8-9-17-25-19-20(33-17)34-21(27-19)24(10-11-24)22(29)30/h4-7,13H,10-11H2,1-3H3,(H,26,31)(H,29,30). The molecule has 1 aromatic carbocycles. The largest absolute Gasteiger partial charge is 0.481 e. The summed E-state index contributed by atoms with van der Waals surface area (Å²) in [6.45, 7) is 5.66. The molecule has 0 radical (unpaired) electrons. The Balaban J connectivity index is 1.30. The maximum atomic E-state index is 12.6. The number of nitrogens with zero attached hydrogens (tertiary/aromatic N) is 3. The molecule has 1 unspecified atom stereocenters. The number of aromatic nitrogens is 3. The van der Waals surface area contributed by atoms with Crippen molar-refractivity contribution in [2.45, 2.75) is 45.1 Å². The van der Waals surface area contributed by atoms with Gasteiger partial charge in [0.25, 0.3) is 0 Å². The first kappa shape index (κ1) is 23.4. The zero-order chi connectivity index (χ0) is 24.7. The fraction of sp³-hybridized carbons (Fsp3) is 0.292. The van der Waals surface area contributed by atoms with Gasteiger partial charge in [0.15, 0.2) is 16.3 Å². The molecule has 1 amide bonds. The number of carboxylic acid groups (broad SMARTS) is 1. The highest BCUT2D eigenvalue weighted by atomic mass is 32.2. The molecule has 5 rings (SSSR count). The van der Waals surface area contributed by atoms with Crippen LogP contribution in [-0.4, -0.2) is 31.5 Å². The minimum Gasteiger partial charge on any atom is -0.481 e. The molecule has 1 aliphatic rings. The van der Waals surface area contributed by atoms with Crippen molar-refractivity contribution in [2.75, 3.05) is 5.32 Å². The summed E-state index contributed by atoms with van der Waals surface area (Å²) in [5.74, 6) is 5.15. The van der Waals surface area contributed by atoms with Gasteiger partial charge in [-0.2, -0.15) is 4.37 Å². The van der Waals surface area contributed by atoms with Crippen LogP contribution in [0.2, 0.25) is 0 Å². The zero-order valence-electron chi connectivity index (χ0n) is 19.0. The molecule has 1 atom stereocenters. The van der Waals surface area contributed by atoms with Gasteiger partial charge in [-0.05, 0) is 68.1 Å². The summed E-state index contributed by atoms with van der Waals surface area (Å²) < 4.78 is 10.8. The van der Waals surface area contributed by atoms with Gasteiger partial charge in [-0.3, -0.25) is 10.1 Å². The van der Waals surface area contributed by atoms with Crippen LogP contribution in [0.4, 0.5) is 10.5 Å². The minimum absolute atomic E-state index is 0.408. The Morgan fingerprint density at radius 1 is 1.17 bits per heavy atom. The van der Waals surface area contributed by atoms with Crippen LogP contribution in [0.1, 0.15) is 57.6 Å². The average Bonchev–Trinajstić information content (AvgIpc) is 3.25. The van der Waals surface area contributed by atoms with E-state index in [-0.39, 0.29) is 0 Å². The quantitative estimate of drug-likeness (QED) is 0.324. The molecule has 0 saturated heterocycles. The summed E-state index contributed by atoms with van der Waals surface area (Å²) >= 11 is 3.98. The van der Waals surface area contributed by atoms with Crippen LogP contribution in [0.15, 0.2) is 24.3 Å². The minimum atomic E-state index is -0.832. The molecule has 8 nitrogen and oxygen atoms in total. The van der Waals surface area contributed by atoms with E-state index >= 15 is 0 Å². The van der Waals surface area contributed by atoms with Gasteiger partial charge in [0, 0.05) is 4.88 Å². The molecule has 0 aliphatic heterocycles. The second kappa shape index (κ2) is 9.03. The number of fused-ring (bicyclic) bond motifs is 1. The predicted molar refractivity (Wildman–Crippen MR) is 136 cm³/mol. The van der Waals surface area contributed by atoms with Gasteiger partial charge < -0.3 is 9.84 Å². The number of thiazole rings is 2. The van der Waals surface area contributed by atoms with Crippen molar-refractivity contribution in [2.24, 2.45) is 0 Å². The Morgan fingerprint density at radius 3 is 2.63 bits per heavy atom. The molecule has 3 heterocycles. The van der Waals surface area contributed by atoms with Crippen molar-refractivity contribution in [3.05, 3.63) is 56.0 Å². The molecule has 4 aromatic rings. The number of amides is 1. The number of carbonyl (C=O) groups is 2. The molecule has 1 saturated carbocycles. The molecule has 0 spiro atoms. The number of aryl methyl sites for hydroxylation is 2. The van der Waals surface area contributed by atoms with Gasteiger partial charge in [0.1, 0.15) is 20.5 Å². The average molecular weight is 525 g/mol. The first-order valence-electron chi connectivity index (χ1n) is 10.8. The van der Waals surface area contributed by atoms with Gasteiger partial charge in [-0.25, -0.2) is 14.8 Å². The van der Waals surface area contributed by atoms with Gasteiger partial charge >= 0.3 is 12.1 Å². The Labute approximate surface area is 213 Å². The first-order valence-corrected chi connectivity index (χ1v) is 13.2. The lowest BCUT2D eigenvalue weighted by Crippen LogP contribution is -2.18. The van der Waals surface area contributed by atoms with E-state index in [4.69, 9.17) is 4.74 Å². The Morgan fingerprint density at radius 2 is 1.94 bits per heavy atom. The number of aliphatic carboxylic acids is 1. The third-order valence-electron chi connectivity index (χ3n) is 5.83. The van der Waals surface area contributed by atoms with E-state index in [2.05, 4.69) is 31.5 Å². The number of carbonyl (C=O) groups excluding carboxylic acids is 1. The number of anilines is 1. The van der Waals surface area contributed by atoms with Crippen LogP contribution in [-0.2, 0) is 14.9 Å². The fourth-order valence-corrected chi connectivity index (χ4v) is 6.47. The maximum Gasteiger partial charge on any atom is 0.412 e. The molecular weight excluding hydrogens is 504 g/mol. The summed E-state index contributed by atoms with van der Waals surface area (Å²) in [6, 6.07) is 7.76. The van der Waals surface area contributed by atoms with E-state index in [1.165, 1.54) is 34.2 Å². The van der Waals surface area contributed by atoms with Crippen molar-refractivity contribution in [1.82, 2.24) is 14.3 Å². The van der Waals surface area contributed by atoms with Gasteiger partial charge in [0.05, 0.1) is 5.69 Å². The number of carboxylic acids is 1. The summed E-state index contributed by atoms with van der Waals surface area (Å²) in [7, 11) is 0. The van der Waals surface area contributed by atoms with E-state index in [0.717, 1.165) is 20.0 Å². The fourth-order valence-electron chi connectivity index (χ4n) is 3.66. The number of benzene rings is 1. The Hall–Kier alpha value is -3.33. The predicted octanol–water partition coefficient (Wildman–Crippen LogP) is 5.65. The lowest BCUT2D eigenvalue weighted by molar-refractivity contribution is -0.140. The van der Waals surface area contributed by atoms with E-state index in [1.54, 1.807) is 0 Å². The molecule has 178 valence electrons. The molecular formula is C24H20N4O4S3. The lowest BCUT2D eigenvalue weighted by Gasteiger charge is -2.16. The van der Waals surface area contributed by atoms with Crippen molar-refractivity contribution >= 4 is 61.6 Å². The van der Waals surface area contributed by atoms with Crippen LogP contribution < -0.4 is 5.32 Å². The van der Waals surface area contributed by atoms with E-state index in [1.807, 2.05) is 45.0 Å². The summed E-state index contributed by atoms with van der Waals surface area (Å²) in [5, 5.41) is 13.4. The number of ether oxygens (including phenoxy) is 1. The number of hydrogen-bond donors (Lipinski definition) is 2. The number of rotatable bonds is 5. The smallest absolute Gasteiger partial charge is 0.412 e. The van der Waals surface area contributed by atoms with Crippen LogP contribution in [0.3, 0.4) is 0 Å². The number of nitrogens with one attached hydrogen (secondary N) is 1. The Bertz CT molecular complexity index is 1490. The van der Waals surface area contributed by atoms with E-state index < -0.39 is 23.6 Å². The van der Waals surface area contributed by atoms with Crippen LogP contribution in [0, 0.1) is 25.7 Å². The Kier molecular flexibility index (Phi) is 6.04. The third-order valence-corrected chi connectivity index (χ3v) is 8.88.